The van der Waals surface area contributed by atoms with E-state index in [4.69, 9.17) is 0 Å². The second kappa shape index (κ2) is 8.15. The number of benzene rings is 1. The van der Waals surface area contributed by atoms with Gasteiger partial charge in [0.25, 0.3) is 0 Å². The zero-order valence-corrected chi connectivity index (χ0v) is 25.2. The summed E-state index contributed by atoms with van der Waals surface area (Å²) < 4.78 is 8.48. The molecule has 1 aromatic carbocycles. The van der Waals surface area contributed by atoms with E-state index >= 15 is 0 Å². The van der Waals surface area contributed by atoms with Gasteiger partial charge < -0.3 is 0 Å². The van der Waals surface area contributed by atoms with Crippen LogP contribution in [0.4, 0.5) is 5.69 Å². The predicted octanol–water partition coefficient (Wildman–Crippen LogP) is 6.13. The Labute approximate surface area is 200 Å². The van der Waals surface area contributed by atoms with Crippen LogP contribution in [-0.2, 0) is 0 Å². The first-order valence-electron chi connectivity index (χ1n) is 12.1. The standard InChI is InChI=1S/C26H43GeN3P/c1-17-14-18(2)22(19(3)15-17)30(27)23-20-10-11-21(16-20)24(23)31-28(25(4,5)6)12-13-29(31)26(7,8)9/h14-15,20-21H,10-13,16,27H2,1-9H3. The summed E-state index contributed by atoms with van der Waals surface area (Å²) in [5.41, 5.74) is 7.89. The molecule has 3 aliphatic rings. The number of rotatable bonds is 3. The number of allylic oxidation sites excluding steroid dienone is 2. The molecule has 1 saturated heterocycles. The van der Waals surface area contributed by atoms with Crippen molar-refractivity contribution in [3.05, 3.63) is 39.8 Å². The Morgan fingerprint density at radius 3 is 1.84 bits per heavy atom. The van der Waals surface area contributed by atoms with Gasteiger partial charge in [0.1, 0.15) is 0 Å². The summed E-state index contributed by atoms with van der Waals surface area (Å²) in [7, 11) is -0.427. The molecular formula is C26H43GeN3P. The average molecular weight is 501 g/mol. The molecule has 2 aliphatic carbocycles. The third-order valence-corrected chi connectivity index (χ3v) is 12.3. The van der Waals surface area contributed by atoms with E-state index in [0.717, 1.165) is 11.8 Å². The molecule has 171 valence electrons. The van der Waals surface area contributed by atoms with E-state index in [0.29, 0.717) is 0 Å². The van der Waals surface area contributed by atoms with Gasteiger partial charge >= 0.3 is 201 Å². The van der Waals surface area contributed by atoms with Crippen molar-refractivity contribution in [1.29, 1.82) is 0 Å². The molecule has 4 rings (SSSR count). The fourth-order valence-corrected chi connectivity index (χ4v) is 12.0. The van der Waals surface area contributed by atoms with Crippen molar-refractivity contribution < 1.29 is 0 Å². The van der Waals surface area contributed by atoms with Gasteiger partial charge in [-0.1, -0.05) is 0 Å². The van der Waals surface area contributed by atoms with Gasteiger partial charge in [0.05, 0.1) is 0 Å². The second-order valence-electron chi connectivity index (χ2n) is 12.0. The van der Waals surface area contributed by atoms with E-state index in [-0.39, 0.29) is 11.1 Å². The number of aryl methyl sites for hydroxylation is 3. The first-order valence-corrected chi connectivity index (χ1v) is 14.7. The summed E-state index contributed by atoms with van der Waals surface area (Å²) in [6.07, 6.45) is 4.18. The number of hydrogen-bond acceptors (Lipinski definition) is 3. The molecule has 3 nitrogen and oxygen atoms in total. The Bertz CT molecular complexity index is 850. The molecule has 5 heteroatoms. The molecule has 0 amide bonds. The van der Waals surface area contributed by atoms with Gasteiger partial charge in [0, 0.05) is 0 Å². The quantitative estimate of drug-likeness (QED) is 0.365. The van der Waals surface area contributed by atoms with Gasteiger partial charge in [-0.3, -0.25) is 0 Å². The van der Waals surface area contributed by atoms with Gasteiger partial charge in [-0.15, -0.1) is 0 Å². The molecule has 0 N–H and O–H groups in total. The van der Waals surface area contributed by atoms with Crippen LogP contribution in [0.5, 0.6) is 0 Å². The van der Waals surface area contributed by atoms with Crippen LogP contribution in [0.15, 0.2) is 23.1 Å². The first-order chi connectivity index (χ1) is 14.3. The van der Waals surface area contributed by atoms with Crippen LogP contribution in [0.2, 0.25) is 0 Å². The molecule has 1 saturated carbocycles. The van der Waals surface area contributed by atoms with E-state index in [1.807, 2.05) is 5.31 Å². The van der Waals surface area contributed by atoms with Gasteiger partial charge in [0.15, 0.2) is 0 Å². The number of nitrogens with zero attached hydrogens (tertiary/aromatic N) is 3. The molecule has 0 spiro atoms. The zero-order chi connectivity index (χ0) is 22.9. The van der Waals surface area contributed by atoms with E-state index in [1.54, 1.807) is 5.70 Å². The summed E-state index contributed by atoms with van der Waals surface area (Å²) in [6.45, 7) is 23.8. The maximum absolute atomic E-state index is 2.87. The van der Waals surface area contributed by atoms with Crippen LogP contribution < -0.4 is 3.86 Å². The van der Waals surface area contributed by atoms with Gasteiger partial charge in [-0.2, -0.15) is 0 Å². The summed E-state index contributed by atoms with van der Waals surface area (Å²) >= 11 is 1.18. The van der Waals surface area contributed by atoms with Crippen molar-refractivity contribution in [3.8, 4) is 0 Å². The Balaban J connectivity index is 1.87. The maximum atomic E-state index is 2.87. The molecule has 0 aromatic heterocycles. The van der Waals surface area contributed by atoms with Crippen molar-refractivity contribution in [2.24, 2.45) is 11.8 Å². The van der Waals surface area contributed by atoms with Crippen LogP contribution >= 0.6 is 8.22 Å². The molecule has 2 atom stereocenters. The topological polar surface area (TPSA) is 9.72 Å². The summed E-state index contributed by atoms with van der Waals surface area (Å²) in [6, 6.07) is 4.75. The Kier molecular flexibility index (Phi) is 6.26. The molecule has 1 heterocycles. The Hall–Kier alpha value is -0.347. The van der Waals surface area contributed by atoms with Crippen molar-refractivity contribution in [3.63, 3.8) is 0 Å². The van der Waals surface area contributed by atoms with Crippen molar-refractivity contribution in [1.82, 2.24) is 9.34 Å². The van der Waals surface area contributed by atoms with Gasteiger partial charge in [-0.05, 0) is 0 Å². The van der Waals surface area contributed by atoms with Crippen molar-refractivity contribution in [2.45, 2.75) is 92.7 Å². The van der Waals surface area contributed by atoms with E-state index in [9.17, 15) is 0 Å². The fourth-order valence-electron chi connectivity index (χ4n) is 6.25. The molecule has 31 heavy (non-hydrogen) atoms. The molecule has 1 aromatic rings. The van der Waals surface area contributed by atoms with Gasteiger partial charge in [0.2, 0.25) is 0 Å². The normalized spacial score (nSPS) is 25.9. The van der Waals surface area contributed by atoms with Crippen LogP contribution in [0.1, 0.15) is 77.5 Å². The summed E-state index contributed by atoms with van der Waals surface area (Å²) in [5, 5.41) is 1.83. The summed E-state index contributed by atoms with van der Waals surface area (Å²) in [4.78, 5) is 0. The third kappa shape index (κ3) is 4.18. The van der Waals surface area contributed by atoms with E-state index in [2.05, 4.69) is 87.6 Å². The minimum atomic E-state index is -0.427. The zero-order valence-electron chi connectivity index (χ0n) is 21.3. The molecule has 1 radical (unpaired) electrons. The first kappa shape index (κ1) is 23.8. The van der Waals surface area contributed by atoms with E-state index in [1.165, 1.54) is 71.5 Å². The second-order valence-corrected chi connectivity index (χ2v) is 15.4. The van der Waals surface area contributed by atoms with Crippen LogP contribution in [0, 0.1) is 32.6 Å². The monoisotopic (exact) mass is 502 g/mol. The average Bonchev–Trinajstić information content (AvgIpc) is 3.32. The van der Waals surface area contributed by atoms with E-state index < -0.39 is 8.22 Å². The van der Waals surface area contributed by atoms with Crippen LogP contribution in [0.3, 0.4) is 0 Å². The molecule has 2 unspecified atom stereocenters. The third-order valence-electron chi connectivity index (χ3n) is 7.41. The van der Waals surface area contributed by atoms with Crippen molar-refractivity contribution in [2.75, 3.05) is 16.9 Å². The molecule has 2 bridgehead atoms. The minimum absolute atomic E-state index is 0.205. The van der Waals surface area contributed by atoms with Gasteiger partial charge in [-0.25, -0.2) is 0 Å². The summed E-state index contributed by atoms with van der Waals surface area (Å²) in [5.74, 6) is 1.56. The van der Waals surface area contributed by atoms with Crippen molar-refractivity contribution >= 4 is 30.6 Å². The number of anilines is 1. The Morgan fingerprint density at radius 2 is 1.35 bits per heavy atom. The Morgan fingerprint density at radius 1 is 0.871 bits per heavy atom. The fraction of sp³-hybridized carbons (Fsp3) is 0.692. The predicted molar refractivity (Wildman–Crippen MR) is 139 cm³/mol. The van der Waals surface area contributed by atoms with Crippen LogP contribution in [0.25, 0.3) is 0 Å². The molecule has 1 aliphatic heterocycles. The molecular weight excluding hydrogens is 458 g/mol. The molecule has 2 fully saturated rings. The van der Waals surface area contributed by atoms with Crippen LogP contribution in [-0.4, -0.2) is 50.2 Å². The number of hydrogen-bond donors (Lipinski definition) is 0. The SMILES string of the molecule is Cc1cc(C)c([N]([GeH2])C2=C(P3N(C(C)(C)C)CCN3C(C)(C)C)C3CCC2C3)c(C)c1. The number of fused-ring (bicyclic) bond motifs is 2.